The van der Waals surface area contributed by atoms with Gasteiger partial charge in [-0.1, -0.05) is 36.8 Å². The van der Waals surface area contributed by atoms with Gasteiger partial charge in [0.15, 0.2) is 0 Å². The number of aryl methyl sites for hydroxylation is 2. The van der Waals surface area contributed by atoms with Gasteiger partial charge in [-0.25, -0.2) is 0 Å². The average molecular weight is 285 g/mol. The summed E-state index contributed by atoms with van der Waals surface area (Å²) in [5.74, 6) is 0. The third-order valence-electron chi connectivity index (χ3n) is 3.96. The van der Waals surface area contributed by atoms with Crippen LogP contribution in [0.3, 0.4) is 0 Å². The summed E-state index contributed by atoms with van der Waals surface area (Å²) in [5.41, 5.74) is 7.75. The van der Waals surface area contributed by atoms with Gasteiger partial charge in [0.05, 0.1) is 0 Å². The molecule has 2 rings (SSSR count). The fourth-order valence-electron chi connectivity index (χ4n) is 2.38. The second-order valence-electron chi connectivity index (χ2n) is 5.37. The second kappa shape index (κ2) is 6.36. The van der Waals surface area contributed by atoms with Gasteiger partial charge in [0, 0.05) is 17.1 Å². The van der Waals surface area contributed by atoms with E-state index < -0.39 is 0 Å². The van der Waals surface area contributed by atoms with Crippen molar-refractivity contribution >= 4 is 18.3 Å². The van der Waals surface area contributed by atoms with Crippen LogP contribution in [0.2, 0.25) is 0 Å². The van der Waals surface area contributed by atoms with Crippen molar-refractivity contribution in [2.75, 3.05) is 5.32 Å². The Morgan fingerprint density at radius 2 is 1.65 bits per heavy atom. The van der Waals surface area contributed by atoms with Crippen LogP contribution in [-0.4, -0.2) is 0 Å². The standard InChI is InChI=1S/C18H23NS/c1-5-16-10-17(18(20)14(4)13(16)3)19-11-15-8-6-12(2)7-9-15/h6-10,19-20H,5,11H2,1-4H3. The largest absolute Gasteiger partial charge is 0.380 e. The highest BCUT2D eigenvalue weighted by atomic mass is 32.1. The van der Waals surface area contributed by atoms with Gasteiger partial charge in [-0.3, -0.25) is 0 Å². The third-order valence-corrected chi connectivity index (χ3v) is 4.53. The lowest BCUT2D eigenvalue weighted by atomic mass is 10.00. The summed E-state index contributed by atoms with van der Waals surface area (Å²) in [7, 11) is 0. The lowest BCUT2D eigenvalue weighted by Gasteiger charge is -2.16. The Bertz CT molecular complexity index is 600. The van der Waals surface area contributed by atoms with Gasteiger partial charge in [0.2, 0.25) is 0 Å². The van der Waals surface area contributed by atoms with Crippen molar-refractivity contribution in [2.24, 2.45) is 0 Å². The molecular weight excluding hydrogens is 262 g/mol. The molecule has 0 radical (unpaired) electrons. The Labute approximate surface area is 127 Å². The summed E-state index contributed by atoms with van der Waals surface area (Å²) in [6.07, 6.45) is 1.06. The molecule has 0 fully saturated rings. The Balaban J connectivity index is 2.21. The predicted octanol–water partition coefficient (Wildman–Crippen LogP) is 5.08. The third kappa shape index (κ3) is 3.18. The van der Waals surface area contributed by atoms with Crippen LogP contribution in [0.1, 0.15) is 34.7 Å². The van der Waals surface area contributed by atoms with Gasteiger partial charge in [0.1, 0.15) is 0 Å². The van der Waals surface area contributed by atoms with Gasteiger partial charge < -0.3 is 5.32 Å². The molecular formula is C18H23NS. The van der Waals surface area contributed by atoms with Gasteiger partial charge in [0.25, 0.3) is 0 Å². The van der Waals surface area contributed by atoms with Crippen molar-refractivity contribution in [3.63, 3.8) is 0 Å². The quantitative estimate of drug-likeness (QED) is 0.747. The van der Waals surface area contributed by atoms with Crippen LogP contribution in [0.25, 0.3) is 0 Å². The maximum Gasteiger partial charge on any atom is 0.0484 e. The summed E-state index contributed by atoms with van der Waals surface area (Å²) in [6, 6.07) is 10.9. The first-order valence-corrected chi connectivity index (χ1v) is 7.59. The Kier molecular flexibility index (Phi) is 4.77. The number of thiol groups is 1. The summed E-state index contributed by atoms with van der Waals surface area (Å²) in [5, 5.41) is 3.52. The molecule has 1 nitrogen and oxygen atoms in total. The van der Waals surface area contributed by atoms with Gasteiger partial charge in [-0.05, 0) is 55.5 Å². The number of nitrogens with one attached hydrogen (secondary N) is 1. The van der Waals surface area contributed by atoms with Crippen LogP contribution in [0.15, 0.2) is 35.2 Å². The molecule has 0 saturated carbocycles. The topological polar surface area (TPSA) is 12.0 Å². The summed E-state index contributed by atoms with van der Waals surface area (Å²) in [6.45, 7) is 9.47. The van der Waals surface area contributed by atoms with E-state index in [0.29, 0.717) is 0 Å². The average Bonchev–Trinajstić information content (AvgIpc) is 2.46. The van der Waals surface area contributed by atoms with Crippen molar-refractivity contribution in [1.82, 2.24) is 0 Å². The van der Waals surface area contributed by atoms with Crippen LogP contribution in [0.5, 0.6) is 0 Å². The normalized spacial score (nSPS) is 10.7. The molecule has 0 spiro atoms. The maximum atomic E-state index is 4.67. The Morgan fingerprint density at radius 1 is 1.00 bits per heavy atom. The molecule has 2 aromatic carbocycles. The van der Waals surface area contributed by atoms with Crippen molar-refractivity contribution in [3.05, 3.63) is 58.1 Å². The molecule has 2 heteroatoms. The van der Waals surface area contributed by atoms with E-state index in [9.17, 15) is 0 Å². The second-order valence-corrected chi connectivity index (χ2v) is 5.82. The van der Waals surface area contributed by atoms with E-state index in [4.69, 9.17) is 0 Å². The molecule has 0 heterocycles. The molecule has 0 bridgehead atoms. The molecule has 20 heavy (non-hydrogen) atoms. The van der Waals surface area contributed by atoms with Crippen LogP contribution in [-0.2, 0) is 13.0 Å². The zero-order chi connectivity index (χ0) is 14.7. The highest BCUT2D eigenvalue weighted by Gasteiger charge is 2.09. The molecule has 0 amide bonds. The molecule has 1 N–H and O–H groups in total. The Morgan fingerprint density at radius 3 is 2.25 bits per heavy atom. The van der Waals surface area contributed by atoms with E-state index in [1.54, 1.807) is 0 Å². The van der Waals surface area contributed by atoms with E-state index in [0.717, 1.165) is 23.5 Å². The monoisotopic (exact) mass is 285 g/mol. The predicted molar refractivity (Wildman–Crippen MR) is 91.1 cm³/mol. The SMILES string of the molecule is CCc1cc(NCc2ccc(C)cc2)c(S)c(C)c1C. The first-order chi connectivity index (χ1) is 9.52. The highest BCUT2D eigenvalue weighted by Crippen LogP contribution is 2.30. The van der Waals surface area contributed by atoms with Crippen LogP contribution >= 0.6 is 12.6 Å². The number of rotatable bonds is 4. The minimum Gasteiger partial charge on any atom is -0.380 e. The van der Waals surface area contributed by atoms with Gasteiger partial charge >= 0.3 is 0 Å². The van der Waals surface area contributed by atoms with E-state index >= 15 is 0 Å². The molecule has 0 atom stereocenters. The summed E-state index contributed by atoms with van der Waals surface area (Å²) in [4.78, 5) is 1.06. The summed E-state index contributed by atoms with van der Waals surface area (Å²) < 4.78 is 0. The molecule has 0 aliphatic carbocycles. The molecule has 0 aliphatic rings. The van der Waals surface area contributed by atoms with Crippen molar-refractivity contribution in [2.45, 2.75) is 45.6 Å². The minimum atomic E-state index is 0.833. The highest BCUT2D eigenvalue weighted by molar-refractivity contribution is 7.80. The van der Waals surface area contributed by atoms with Crippen molar-refractivity contribution in [3.8, 4) is 0 Å². The molecule has 0 unspecified atom stereocenters. The first kappa shape index (κ1) is 15.0. The fraction of sp³-hybridized carbons (Fsp3) is 0.333. The summed E-state index contributed by atoms with van der Waals surface area (Å²) >= 11 is 4.67. The molecule has 106 valence electrons. The number of hydrogen-bond donors (Lipinski definition) is 2. The molecule has 0 saturated heterocycles. The van der Waals surface area contributed by atoms with Crippen molar-refractivity contribution in [1.29, 1.82) is 0 Å². The van der Waals surface area contributed by atoms with Crippen LogP contribution in [0.4, 0.5) is 5.69 Å². The maximum absolute atomic E-state index is 4.67. The van der Waals surface area contributed by atoms with E-state index in [1.807, 2.05) is 0 Å². The lowest BCUT2D eigenvalue weighted by molar-refractivity contribution is 1.05. The lowest BCUT2D eigenvalue weighted by Crippen LogP contribution is -2.03. The van der Waals surface area contributed by atoms with Crippen LogP contribution < -0.4 is 5.32 Å². The molecule has 0 aliphatic heterocycles. The number of anilines is 1. The zero-order valence-electron chi connectivity index (χ0n) is 12.7. The number of hydrogen-bond acceptors (Lipinski definition) is 2. The minimum absolute atomic E-state index is 0.833. The van der Waals surface area contributed by atoms with Gasteiger partial charge in [-0.2, -0.15) is 0 Å². The van der Waals surface area contributed by atoms with Crippen LogP contribution in [0, 0.1) is 20.8 Å². The van der Waals surface area contributed by atoms with Gasteiger partial charge in [-0.15, -0.1) is 12.6 Å². The zero-order valence-corrected chi connectivity index (χ0v) is 13.6. The first-order valence-electron chi connectivity index (χ1n) is 7.14. The molecule has 2 aromatic rings. The van der Waals surface area contributed by atoms with E-state index in [-0.39, 0.29) is 0 Å². The van der Waals surface area contributed by atoms with E-state index in [1.165, 1.54) is 27.8 Å². The van der Waals surface area contributed by atoms with Crippen molar-refractivity contribution < 1.29 is 0 Å². The number of benzene rings is 2. The Hall–Kier alpha value is -1.41. The smallest absolute Gasteiger partial charge is 0.0484 e. The fourth-order valence-corrected chi connectivity index (χ4v) is 2.69. The molecule has 0 aromatic heterocycles. The van der Waals surface area contributed by atoms with E-state index in [2.05, 4.69) is 76.0 Å².